The second-order valence-corrected chi connectivity index (χ2v) is 8.48. The van der Waals surface area contributed by atoms with Crippen molar-refractivity contribution in [2.75, 3.05) is 19.7 Å². The predicted octanol–water partition coefficient (Wildman–Crippen LogP) is 2.50. The molecule has 1 heterocycles. The number of ether oxygens (including phenoxy) is 1. The summed E-state index contributed by atoms with van der Waals surface area (Å²) < 4.78 is 5.04. The number of amidine groups is 1. The Hall–Kier alpha value is -3.68. The average Bonchev–Trinajstić information content (AvgIpc) is 2.84. The van der Waals surface area contributed by atoms with Crippen LogP contribution in [0.1, 0.15) is 47.7 Å². The lowest BCUT2D eigenvalue weighted by Gasteiger charge is -2.34. The summed E-state index contributed by atoms with van der Waals surface area (Å²) in [5, 5.41) is 10.4. The molecule has 2 aromatic carbocycles. The molecule has 1 atom stereocenters. The third-order valence-electron chi connectivity index (χ3n) is 6.03. The number of amides is 2. The summed E-state index contributed by atoms with van der Waals surface area (Å²) in [6.07, 6.45) is 2.20. The van der Waals surface area contributed by atoms with E-state index in [1.165, 1.54) is 0 Å². The van der Waals surface area contributed by atoms with Gasteiger partial charge in [-0.15, -0.1) is 0 Å². The minimum Gasteiger partial charge on any atom is -0.466 e. The number of rotatable bonds is 9. The zero-order chi connectivity index (χ0) is 24.5. The third kappa shape index (κ3) is 6.91. The van der Waals surface area contributed by atoms with E-state index in [4.69, 9.17) is 15.9 Å². The molecule has 34 heavy (non-hydrogen) atoms. The van der Waals surface area contributed by atoms with Gasteiger partial charge in [-0.25, -0.2) is 0 Å². The first-order valence-electron chi connectivity index (χ1n) is 11.6. The third-order valence-corrected chi connectivity index (χ3v) is 6.03. The van der Waals surface area contributed by atoms with Crippen molar-refractivity contribution in [1.82, 2.24) is 10.2 Å². The van der Waals surface area contributed by atoms with Crippen LogP contribution in [0.4, 0.5) is 0 Å². The van der Waals surface area contributed by atoms with Gasteiger partial charge in [-0.1, -0.05) is 42.5 Å². The molecular weight excluding hydrogens is 432 g/mol. The van der Waals surface area contributed by atoms with Crippen molar-refractivity contribution in [3.8, 4) is 0 Å². The normalized spacial score (nSPS) is 14.8. The molecule has 180 valence electrons. The molecule has 8 nitrogen and oxygen atoms in total. The number of carbonyl (C=O) groups is 3. The van der Waals surface area contributed by atoms with Crippen LogP contribution < -0.4 is 11.1 Å². The molecule has 0 aromatic heterocycles. The topological polar surface area (TPSA) is 126 Å². The van der Waals surface area contributed by atoms with Crippen LogP contribution in [-0.2, 0) is 20.7 Å². The van der Waals surface area contributed by atoms with Crippen molar-refractivity contribution < 1.29 is 19.1 Å². The Balaban J connectivity index is 1.67. The van der Waals surface area contributed by atoms with Gasteiger partial charge >= 0.3 is 5.97 Å². The number of nitrogen functional groups attached to an aromatic ring is 1. The fraction of sp³-hybridized carbons (Fsp3) is 0.385. The molecule has 1 fully saturated rings. The second kappa shape index (κ2) is 12.0. The Kier molecular flexibility index (Phi) is 8.79. The molecule has 0 aliphatic carbocycles. The molecule has 0 saturated carbocycles. The number of likely N-dealkylation sites (tertiary alicyclic amines) is 1. The van der Waals surface area contributed by atoms with E-state index in [-0.39, 0.29) is 29.5 Å². The summed E-state index contributed by atoms with van der Waals surface area (Å²) in [5.41, 5.74) is 7.36. The molecule has 0 unspecified atom stereocenters. The number of nitrogens with one attached hydrogen (secondary N) is 2. The van der Waals surface area contributed by atoms with Crippen LogP contribution in [0.25, 0.3) is 0 Å². The van der Waals surface area contributed by atoms with Gasteiger partial charge in [0.1, 0.15) is 11.9 Å². The highest BCUT2D eigenvalue weighted by atomic mass is 16.5. The zero-order valence-electron chi connectivity index (χ0n) is 19.5. The van der Waals surface area contributed by atoms with E-state index in [1.54, 1.807) is 36.1 Å². The molecule has 2 amide bonds. The van der Waals surface area contributed by atoms with Gasteiger partial charge in [0.25, 0.3) is 5.91 Å². The SMILES string of the molecule is CCOC(=O)CC1CCN(C(=O)[C@@H](Cc2ccccc2)NC(=O)c2ccc(C(=N)N)cc2)CC1. The number of nitrogens with zero attached hydrogens (tertiary/aromatic N) is 1. The van der Waals surface area contributed by atoms with Gasteiger partial charge < -0.3 is 20.7 Å². The first-order chi connectivity index (χ1) is 16.4. The summed E-state index contributed by atoms with van der Waals surface area (Å²) in [6.45, 7) is 3.24. The van der Waals surface area contributed by atoms with Crippen molar-refractivity contribution in [2.24, 2.45) is 11.7 Å². The monoisotopic (exact) mass is 464 g/mol. The lowest BCUT2D eigenvalue weighted by molar-refractivity contribution is -0.144. The zero-order valence-corrected chi connectivity index (χ0v) is 19.5. The maximum Gasteiger partial charge on any atom is 0.306 e. The fourth-order valence-corrected chi connectivity index (χ4v) is 4.13. The lowest BCUT2D eigenvalue weighted by atomic mass is 9.93. The number of benzene rings is 2. The summed E-state index contributed by atoms with van der Waals surface area (Å²) in [4.78, 5) is 39.9. The van der Waals surface area contributed by atoms with Gasteiger partial charge in [0.05, 0.1) is 6.61 Å². The minimum absolute atomic E-state index is 0.0737. The van der Waals surface area contributed by atoms with Crippen molar-refractivity contribution in [1.29, 1.82) is 5.41 Å². The first-order valence-corrected chi connectivity index (χ1v) is 11.6. The lowest BCUT2D eigenvalue weighted by Crippen LogP contribution is -2.51. The van der Waals surface area contributed by atoms with E-state index in [9.17, 15) is 14.4 Å². The van der Waals surface area contributed by atoms with E-state index >= 15 is 0 Å². The van der Waals surface area contributed by atoms with Crippen LogP contribution in [0.15, 0.2) is 54.6 Å². The van der Waals surface area contributed by atoms with Crippen molar-refractivity contribution in [3.63, 3.8) is 0 Å². The highest BCUT2D eigenvalue weighted by molar-refractivity contribution is 5.99. The van der Waals surface area contributed by atoms with Gasteiger partial charge in [0.2, 0.25) is 5.91 Å². The van der Waals surface area contributed by atoms with Gasteiger partial charge in [-0.05, 0) is 43.4 Å². The Bertz CT molecular complexity index is 999. The van der Waals surface area contributed by atoms with Crippen LogP contribution in [0.2, 0.25) is 0 Å². The van der Waals surface area contributed by atoms with E-state index in [1.807, 2.05) is 30.3 Å². The molecule has 0 radical (unpaired) electrons. The van der Waals surface area contributed by atoms with Crippen molar-refractivity contribution in [2.45, 2.75) is 38.6 Å². The molecule has 1 aliphatic rings. The van der Waals surface area contributed by atoms with Crippen LogP contribution in [-0.4, -0.2) is 54.3 Å². The molecule has 0 bridgehead atoms. The molecule has 1 aliphatic heterocycles. The van der Waals surface area contributed by atoms with Gasteiger partial charge in [-0.3, -0.25) is 19.8 Å². The van der Waals surface area contributed by atoms with Crippen molar-refractivity contribution >= 4 is 23.6 Å². The van der Waals surface area contributed by atoms with Crippen LogP contribution >= 0.6 is 0 Å². The van der Waals surface area contributed by atoms with Crippen LogP contribution in [0, 0.1) is 11.3 Å². The molecule has 2 aromatic rings. The maximum atomic E-state index is 13.4. The van der Waals surface area contributed by atoms with Gasteiger partial charge in [0.15, 0.2) is 0 Å². The second-order valence-electron chi connectivity index (χ2n) is 8.48. The van der Waals surface area contributed by atoms with Gasteiger partial charge in [0, 0.05) is 37.1 Å². The van der Waals surface area contributed by atoms with Crippen LogP contribution in [0.5, 0.6) is 0 Å². The predicted molar refractivity (Wildman–Crippen MR) is 129 cm³/mol. The van der Waals surface area contributed by atoms with E-state index < -0.39 is 6.04 Å². The summed E-state index contributed by atoms with van der Waals surface area (Å²) >= 11 is 0. The Morgan fingerprint density at radius 2 is 1.68 bits per heavy atom. The van der Waals surface area contributed by atoms with E-state index in [2.05, 4.69) is 5.32 Å². The Morgan fingerprint density at radius 3 is 2.26 bits per heavy atom. The standard InChI is InChI=1S/C26H32N4O4/c1-2-34-23(31)17-19-12-14-30(15-13-19)26(33)22(16-18-6-4-3-5-7-18)29-25(32)21-10-8-20(9-11-21)24(27)28/h3-11,19,22H,2,12-17H2,1H3,(H3,27,28)(H,29,32)/t22-/m1/s1. The smallest absolute Gasteiger partial charge is 0.306 e. The average molecular weight is 465 g/mol. The summed E-state index contributed by atoms with van der Waals surface area (Å²) in [6, 6.07) is 15.3. The first kappa shape index (κ1) is 25.0. The Morgan fingerprint density at radius 1 is 1.06 bits per heavy atom. The molecular formula is C26H32N4O4. The Labute approximate surface area is 200 Å². The number of hydrogen-bond donors (Lipinski definition) is 3. The van der Waals surface area contributed by atoms with Crippen LogP contribution in [0.3, 0.4) is 0 Å². The molecule has 0 spiro atoms. The maximum absolute atomic E-state index is 13.4. The number of nitrogens with two attached hydrogens (primary N) is 1. The molecule has 1 saturated heterocycles. The molecule has 8 heteroatoms. The summed E-state index contributed by atoms with van der Waals surface area (Å²) in [7, 11) is 0. The van der Waals surface area contributed by atoms with E-state index in [0.29, 0.717) is 43.7 Å². The highest BCUT2D eigenvalue weighted by Crippen LogP contribution is 2.22. The largest absolute Gasteiger partial charge is 0.466 e. The van der Waals surface area contributed by atoms with E-state index in [0.717, 1.165) is 18.4 Å². The minimum atomic E-state index is -0.719. The number of carbonyl (C=O) groups excluding carboxylic acids is 3. The summed E-state index contributed by atoms with van der Waals surface area (Å²) in [5.74, 6) is -0.563. The highest BCUT2D eigenvalue weighted by Gasteiger charge is 2.30. The van der Waals surface area contributed by atoms with Gasteiger partial charge in [-0.2, -0.15) is 0 Å². The fourth-order valence-electron chi connectivity index (χ4n) is 4.13. The number of hydrogen-bond acceptors (Lipinski definition) is 5. The van der Waals surface area contributed by atoms with Crippen molar-refractivity contribution in [3.05, 3.63) is 71.3 Å². The quantitative estimate of drug-likeness (QED) is 0.299. The number of piperidine rings is 1. The molecule has 4 N–H and O–H groups in total. The number of esters is 1. The molecule has 3 rings (SSSR count).